The van der Waals surface area contributed by atoms with Gasteiger partial charge < -0.3 is 14.5 Å². The minimum Gasteiger partial charge on any atom is -0.494 e. The van der Waals surface area contributed by atoms with Crippen LogP contribution in [0.25, 0.3) is 11.5 Å². The van der Waals surface area contributed by atoms with Crippen LogP contribution in [0.4, 0.5) is 0 Å². The lowest BCUT2D eigenvalue weighted by Crippen LogP contribution is -1.96. The van der Waals surface area contributed by atoms with Crippen molar-refractivity contribution in [2.75, 3.05) is 0 Å². The highest BCUT2D eigenvalue weighted by molar-refractivity contribution is 7.14. The predicted octanol–water partition coefficient (Wildman–Crippen LogP) is 3.65. The summed E-state index contributed by atoms with van der Waals surface area (Å²) in [7, 11) is 0. The summed E-state index contributed by atoms with van der Waals surface area (Å²) in [6.45, 7) is 3.81. The lowest BCUT2D eigenvalue weighted by molar-refractivity contribution is 0.101. The fourth-order valence-corrected chi connectivity index (χ4v) is 3.50. The highest BCUT2D eigenvalue weighted by atomic mass is 32.1. The Bertz CT molecular complexity index is 943. The van der Waals surface area contributed by atoms with Gasteiger partial charge in [-0.3, -0.25) is 4.79 Å². The minimum absolute atomic E-state index is 0.0605. The van der Waals surface area contributed by atoms with Gasteiger partial charge in [-0.2, -0.15) is 0 Å². The summed E-state index contributed by atoms with van der Waals surface area (Å²) in [5, 5.41) is 10.3. The number of rotatable bonds is 2. The fraction of sp³-hybridized carbons (Fsp3) is 0.125. The maximum absolute atomic E-state index is 12.3. The lowest BCUT2D eigenvalue weighted by Gasteiger charge is -1.96. The van der Waals surface area contributed by atoms with E-state index in [1.54, 1.807) is 6.07 Å². The first-order chi connectivity index (χ1) is 10.5. The van der Waals surface area contributed by atoms with E-state index in [9.17, 15) is 9.90 Å². The van der Waals surface area contributed by atoms with Crippen molar-refractivity contribution in [1.29, 1.82) is 0 Å². The predicted molar refractivity (Wildman–Crippen MR) is 83.9 cm³/mol. The molecule has 0 spiro atoms. The van der Waals surface area contributed by atoms with E-state index in [1.165, 1.54) is 11.3 Å². The molecule has 0 bridgehead atoms. The topological polar surface area (TPSA) is 78.6 Å². The maximum Gasteiger partial charge on any atom is 0.280 e. The molecule has 1 amide bonds. The number of aliphatic imine (C=N–C) groups is 1. The van der Waals surface area contributed by atoms with E-state index < -0.39 is 0 Å². The number of aromatic nitrogens is 1. The van der Waals surface area contributed by atoms with Crippen molar-refractivity contribution in [2.45, 2.75) is 13.8 Å². The molecule has 0 atom stereocenters. The monoisotopic (exact) mass is 312 g/mol. The van der Waals surface area contributed by atoms with Gasteiger partial charge in [0.1, 0.15) is 5.76 Å². The zero-order valence-electron chi connectivity index (χ0n) is 11.9. The summed E-state index contributed by atoms with van der Waals surface area (Å²) in [5.41, 5.74) is 1.81. The molecular weight excluding hydrogens is 300 g/mol. The van der Waals surface area contributed by atoms with E-state index in [0.717, 1.165) is 15.5 Å². The van der Waals surface area contributed by atoms with Gasteiger partial charge in [-0.05, 0) is 38.1 Å². The summed E-state index contributed by atoms with van der Waals surface area (Å²) in [6, 6.07) is 7.45. The molecule has 1 aliphatic rings. The maximum atomic E-state index is 12.3. The summed E-state index contributed by atoms with van der Waals surface area (Å²) in [6.07, 6.45) is 0. The third-order valence-corrected chi connectivity index (χ3v) is 4.61. The van der Waals surface area contributed by atoms with Crippen molar-refractivity contribution in [3.05, 3.63) is 50.9 Å². The third-order valence-electron chi connectivity index (χ3n) is 3.60. The number of carbonyl (C=O) groups excluding carboxylic acids is 1. The van der Waals surface area contributed by atoms with Gasteiger partial charge in [0.05, 0.1) is 27.4 Å². The van der Waals surface area contributed by atoms with E-state index in [4.69, 9.17) is 4.42 Å². The van der Waals surface area contributed by atoms with E-state index in [0.29, 0.717) is 28.3 Å². The van der Waals surface area contributed by atoms with Crippen LogP contribution in [0, 0.1) is 13.8 Å². The third kappa shape index (κ3) is 1.77. The summed E-state index contributed by atoms with van der Waals surface area (Å²) in [5.74, 6) is 0.825. The Kier molecular flexibility index (Phi) is 2.65. The number of aryl methyl sites for hydroxylation is 2. The van der Waals surface area contributed by atoms with Crippen LogP contribution in [-0.4, -0.2) is 21.7 Å². The number of fused-ring (bicyclic) bond motifs is 1. The van der Waals surface area contributed by atoms with Gasteiger partial charge in [-0.25, -0.2) is 4.99 Å². The first-order valence-electron chi connectivity index (χ1n) is 6.76. The second-order valence-electron chi connectivity index (χ2n) is 5.18. The molecule has 3 aromatic heterocycles. The zero-order chi connectivity index (χ0) is 15.4. The van der Waals surface area contributed by atoms with Crippen LogP contribution in [0.5, 0.6) is 5.88 Å². The highest BCUT2D eigenvalue weighted by Gasteiger charge is 2.34. The number of aromatic amines is 1. The average Bonchev–Trinajstić information content (AvgIpc) is 3.19. The average molecular weight is 312 g/mol. The molecular formula is C16H12N2O3S. The Hall–Kier alpha value is -2.60. The van der Waals surface area contributed by atoms with Crippen LogP contribution in [0.2, 0.25) is 0 Å². The largest absolute Gasteiger partial charge is 0.494 e. The molecule has 0 radical (unpaired) electrons. The second-order valence-corrected chi connectivity index (χ2v) is 6.47. The van der Waals surface area contributed by atoms with Crippen LogP contribution in [-0.2, 0) is 0 Å². The number of nitrogens with zero attached hydrogens (tertiary/aromatic N) is 1. The van der Waals surface area contributed by atoms with Gasteiger partial charge in [-0.1, -0.05) is 0 Å². The Balaban J connectivity index is 1.91. The molecule has 3 aromatic rings. The first-order valence-corrected chi connectivity index (χ1v) is 7.58. The number of nitrogens with one attached hydrogen (secondary N) is 1. The number of hydrogen-bond acceptors (Lipinski definition) is 4. The van der Waals surface area contributed by atoms with Crippen LogP contribution in [0.1, 0.15) is 31.4 Å². The molecule has 6 heteroatoms. The van der Waals surface area contributed by atoms with Gasteiger partial charge in [0, 0.05) is 4.88 Å². The molecule has 1 aliphatic heterocycles. The first kappa shape index (κ1) is 13.1. The van der Waals surface area contributed by atoms with E-state index in [1.807, 2.05) is 32.0 Å². The van der Waals surface area contributed by atoms with Gasteiger partial charge in [0.2, 0.25) is 0 Å². The van der Waals surface area contributed by atoms with E-state index in [-0.39, 0.29) is 11.8 Å². The SMILES string of the molecule is Cc1ccc(-c2[nH]c(O)c3c2C(=O)N=C3c2ccc(C)s2)o1. The van der Waals surface area contributed by atoms with Gasteiger partial charge in [0.25, 0.3) is 5.91 Å². The molecule has 0 saturated carbocycles. The Morgan fingerprint density at radius 2 is 2.00 bits per heavy atom. The molecule has 5 nitrogen and oxygen atoms in total. The number of furan rings is 1. The van der Waals surface area contributed by atoms with Crippen molar-refractivity contribution in [2.24, 2.45) is 4.99 Å². The summed E-state index contributed by atoms with van der Waals surface area (Å²) in [4.78, 5) is 21.3. The molecule has 0 saturated heterocycles. The summed E-state index contributed by atoms with van der Waals surface area (Å²) >= 11 is 1.54. The Morgan fingerprint density at radius 1 is 1.18 bits per heavy atom. The molecule has 110 valence electrons. The Morgan fingerprint density at radius 3 is 2.64 bits per heavy atom. The molecule has 0 fully saturated rings. The number of amides is 1. The van der Waals surface area contributed by atoms with Crippen LogP contribution < -0.4 is 0 Å². The smallest absolute Gasteiger partial charge is 0.280 e. The van der Waals surface area contributed by atoms with Gasteiger partial charge in [0.15, 0.2) is 11.6 Å². The normalized spacial score (nSPS) is 13.5. The molecule has 0 aromatic carbocycles. The van der Waals surface area contributed by atoms with Crippen molar-refractivity contribution in [3.63, 3.8) is 0 Å². The molecule has 0 unspecified atom stereocenters. The molecule has 2 N–H and O–H groups in total. The van der Waals surface area contributed by atoms with Crippen molar-refractivity contribution in [1.82, 2.24) is 4.98 Å². The van der Waals surface area contributed by atoms with Crippen LogP contribution >= 0.6 is 11.3 Å². The quantitative estimate of drug-likeness (QED) is 0.758. The molecule has 0 aliphatic carbocycles. The molecule has 4 heterocycles. The minimum atomic E-state index is -0.364. The van der Waals surface area contributed by atoms with Crippen LogP contribution in [0.15, 0.2) is 33.7 Å². The lowest BCUT2D eigenvalue weighted by atomic mass is 10.1. The van der Waals surface area contributed by atoms with Crippen molar-refractivity contribution >= 4 is 23.0 Å². The van der Waals surface area contributed by atoms with Gasteiger partial charge >= 0.3 is 0 Å². The van der Waals surface area contributed by atoms with E-state index in [2.05, 4.69) is 9.98 Å². The highest BCUT2D eigenvalue weighted by Crippen LogP contribution is 2.39. The number of carbonyl (C=O) groups is 1. The number of hydrogen-bond donors (Lipinski definition) is 2. The van der Waals surface area contributed by atoms with Crippen molar-refractivity contribution in [3.8, 4) is 17.3 Å². The zero-order valence-corrected chi connectivity index (χ0v) is 12.7. The summed E-state index contributed by atoms with van der Waals surface area (Å²) < 4.78 is 5.56. The fourth-order valence-electron chi connectivity index (χ4n) is 2.64. The Labute approximate surface area is 129 Å². The van der Waals surface area contributed by atoms with Crippen LogP contribution in [0.3, 0.4) is 0 Å². The standard InChI is InChI=1S/C16H12N2O3S/c1-7-3-5-9(21-7)13-11-12(16(20)17-13)14(18-15(11)19)10-6-4-8(2)22-10/h3-6,17,20H,1-2H3. The van der Waals surface area contributed by atoms with Gasteiger partial charge in [-0.15, -0.1) is 11.3 Å². The second kappa shape index (κ2) is 4.45. The molecule has 4 rings (SSSR count). The van der Waals surface area contributed by atoms with Crippen molar-refractivity contribution < 1.29 is 14.3 Å². The number of H-pyrrole nitrogens is 1. The number of aromatic hydroxyl groups is 1. The van der Waals surface area contributed by atoms with E-state index >= 15 is 0 Å². The number of thiophene rings is 1. The molecule has 22 heavy (non-hydrogen) atoms.